The molecule has 0 spiro atoms. The van der Waals surface area contributed by atoms with Gasteiger partial charge in [-0.25, -0.2) is 0 Å². The van der Waals surface area contributed by atoms with E-state index in [-0.39, 0.29) is 0 Å². The molecule has 2 heteroatoms. The van der Waals surface area contributed by atoms with Crippen molar-refractivity contribution in [1.29, 1.82) is 0 Å². The van der Waals surface area contributed by atoms with Crippen molar-refractivity contribution in [2.24, 2.45) is 4.99 Å². The van der Waals surface area contributed by atoms with Crippen molar-refractivity contribution >= 4 is 6.21 Å². The van der Waals surface area contributed by atoms with Gasteiger partial charge in [-0.1, -0.05) is 19.8 Å². The van der Waals surface area contributed by atoms with E-state index in [1.165, 1.54) is 19.3 Å². The molecule has 1 aliphatic rings. The second kappa shape index (κ2) is 5.58. The first kappa shape index (κ1) is 9.04. The van der Waals surface area contributed by atoms with Gasteiger partial charge in [-0.05, 0) is 12.5 Å². The summed E-state index contributed by atoms with van der Waals surface area (Å²) in [6, 6.07) is 0. The van der Waals surface area contributed by atoms with Crippen LogP contribution >= 0.6 is 0 Å². The normalized spacial score (nSPS) is 15.2. The van der Waals surface area contributed by atoms with Crippen LogP contribution < -0.4 is 0 Å². The maximum atomic E-state index is 4.02. The first-order valence-corrected chi connectivity index (χ1v) is 4.56. The van der Waals surface area contributed by atoms with Gasteiger partial charge in [0.05, 0.1) is 0 Å². The molecule has 0 fully saturated rings. The van der Waals surface area contributed by atoms with Gasteiger partial charge in [-0.15, -0.1) is 0 Å². The van der Waals surface area contributed by atoms with Crippen LogP contribution in [0.5, 0.6) is 0 Å². The Balaban J connectivity index is 2.23. The number of unbranched alkanes of at least 4 members (excludes halogenated alkanes) is 2. The molecule has 0 atom stereocenters. The third-order valence-electron chi connectivity index (χ3n) is 1.81. The van der Waals surface area contributed by atoms with Crippen LogP contribution in [-0.4, -0.2) is 17.7 Å². The van der Waals surface area contributed by atoms with E-state index >= 15 is 0 Å². The van der Waals surface area contributed by atoms with Gasteiger partial charge in [0.1, 0.15) is 0 Å². The molecule has 1 aliphatic heterocycles. The van der Waals surface area contributed by atoms with Gasteiger partial charge >= 0.3 is 0 Å². The molecule has 0 aromatic carbocycles. The number of hydrogen-bond donors (Lipinski definition) is 0. The highest BCUT2D eigenvalue weighted by molar-refractivity contribution is 5.71. The molecule has 0 N–H and O–H groups in total. The molecular weight excluding hydrogens is 148 g/mol. The van der Waals surface area contributed by atoms with E-state index in [1.54, 1.807) is 6.21 Å². The van der Waals surface area contributed by atoms with Crippen molar-refractivity contribution in [3.63, 3.8) is 0 Å². The summed E-state index contributed by atoms with van der Waals surface area (Å²) in [7, 11) is 0. The SMILES string of the molecule is CCCCCN1C=CC=NC=C1. The summed E-state index contributed by atoms with van der Waals surface area (Å²) in [6.07, 6.45) is 13.5. The largest absolute Gasteiger partial charge is 0.353 e. The minimum Gasteiger partial charge on any atom is -0.353 e. The maximum Gasteiger partial charge on any atom is 0.0430 e. The van der Waals surface area contributed by atoms with Gasteiger partial charge in [0.25, 0.3) is 0 Å². The van der Waals surface area contributed by atoms with Crippen molar-refractivity contribution < 1.29 is 0 Å². The summed E-state index contributed by atoms with van der Waals surface area (Å²) in [5.74, 6) is 0. The summed E-state index contributed by atoms with van der Waals surface area (Å²) < 4.78 is 0. The Labute approximate surface area is 74.3 Å². The molecule has 2 nitrogen and oxygen atoms in total. The Bertz CT molecular complexity index is 176. The van der Waals surface area contributed by atoms with Crippen molar-refractivity contribution in [3.8, 4) is 0 Å². The van der Waals surface area contributed by atoms with Crippen LogP contribution in [0.2, 0.25) is 0 Å². The topological polar surface area (TPSA) is 15.6 Å². The van der Waals surface area contributed by atoms with E-state index in [2.05, 4.69) is 23.0 Å². The molecule has 0 saturated heterocycles. The van der Waals surface area contributed by atoms with Gasteiger partial charge in [-0.2, -0.15) is 0 Å². The Kier molecular flexibility index (Phi) is 4.21. The molecule has 0 aromatic heterocycles. The van der Waals surface area contributed by atoms with E-state index in [0.717, 1.165) is 6.54 Å². The number of aliphatic imine (C=N–C) groups is 1. The number of rotatable bonds is 4. The molecule has 0 saturated carbocycles. The lowest BCUT2D eigenvalue weighted by atomic mass is 10.2. The molecule has 1 rings (SSSR count). The second-order valence-corrected chi connectivity index (χ2v) is 2.88. The first-order chi connectivity index (χ1) is 5.93. The van der Waals surface area contributed by atoms with E-state index in [0.29, 0.717) is 0 Å². The molecule has 0 aromatic rings. The van der Waals surface area contributed by atoms with Crippen LogP contribution in [0.25, 0.3) is 0 Å². The quantitative estimate of drug-likeness (QED) is 0.583. The fourth-order valence-corrected chi connectivity index (χ4v) is 1.12. The van der Waals surface area contributed by atoms with E-state index in [9.17, 15) is 0 Å². The van der Waals surface area contributed by atoms with Crippen LogP contribution in [-0.2, 0) is 0 Å². The van der Waals surface area contributed by atoms with Crippen LogP contribution in [0, 0.1) is 0 Å². The van der Waals surface area contributed by atoms with Crippen molar-refractivity contribution in [1.82, 2.24) is 4.90 Å². The molecule has 66 valence electrons. The molecule has 12 heavy (non-hydrogen) atoms. The summed E-state index contributed by atoms with van der Waals surface area (Å²) in [4.78, 5) is 6.18. The standard InChI is InChI=1S/C10H16N2/c1-2-3-4-8-12-9-5-6-11-7-10-12/h5-7,9-10H,2-4,8H2,1H3. The zero-order valence-corrected chi connectivity index (χ0v) is 7.61. The number of nitrogens with zero attached hydrogens (tertiary/aromatic N) is 2. The monoisotopic (exact) mass is 164 g/mol. The van der Waals surface area contributed by atoms with Crippen molar-refractivity contribution in [2.75, 3.05) is 6.54 Å². The molecule has 0 bridgehead atoms. The third kappa shape index (κ3) is 3.37. The minimum absolute atomic E-state index is 1.10. The average molecular weight is 164 g/mol. The van der Waals surface area contributed by atoms with Crippen LogP contribution in [0.3, 0.4) is 0 Å². The summed E-state index contributed by atoms with van der Waals surface area (Å²) in [5.41, 5.74) is 0. The lowest BCUT2D eigenvalue weighted by Crippen LogP contribution is -2.10. The number of allylic oxidation sites excluding steroid dienone is 1. The van der Waals surface area contributed by atoms with E-state index in [4.69, 9.17) is 0 Å². The highest BCUT2D eigenvalue weighted by Crippen LogP contribution is 2.01. The smallest absolute Gasteiger partial charge is 0.0430 e. The minimum atomic E-state index is 1.10. The lowest BCUT2D eigenvalue weighted by Gasteiger charge is -2.13. The highest BCUT2D eigenvalue weighted by atomic mass is 15.1. The van der Waals surface area contributed by atoms with Crippen LogP contribution in [0.1, 0.15) is 26.2 Å². The Morgan fingerprint density at radius 3 is 3.00 bits per heavy atom. The Morgan fingerprint density at radius 2 is 2.17 bits per heavy atom. The van der Waals surface area contributed by atoms with Gasteiger partial charge in [0.15, 0.2) is 0 Å². The van der Waals surface area contributed by atoms with Crippen LogP contribution in [0.4, 0.5) is 0 Å². The highest BCUT2D eigenvalue weighted by Gasteiger charge is 1.93. The first-order valence-electron chi connectivity index (χ1n) is 4.56. The third-order valence-corrected chi connectivity index (χ3v) is 1.81. The van der Waals surface area contributed by atoms with E-state index in [1.807, 2.05) is 18.5 Å². The Hall–Kier alpha value is -1.05. The van der Waals surface area contributed by atoms with Gasteiger partial charge in [0, 0.05) is 31.4 Å². The molecule has 0 unspecified atom stereocenters. The predicted octanol–water partition coefficient (Wildman–Crippen LogP) is 2.55. The van der Waals surface area contributed by atoms with Gasteiger partial charge in [0.2, 0.25) is 0 Å². The average Bonchev–Trinajstić information content (AvgIpc) is 2.33. The summed E-state index contributed by atoms with van der Waals surface area (Å²) >= 11 is 0. The molecular formula is C10H16N2. The zero-order chi connectivity index (χ0) is 8.65. The van der Waals surface area contributed by atoms with Gasteiger partial charge < -0.3 is 4.90 Å². The fraction of sp³-hybridized carbons (Fsp3) is 0.500. The van der Waals surface area contributed by atoms with Gasteiger partial charge in [-0.3, -0.25) is 4.99 Å². The summed E-state index contributed by atoms with van der Waals surface area (Å²) in [5, 5.41) is 0. The summed E-state index contributed by atoms with van der Waals surface area (Å²) in [6.45, 7) is 3.32. The number of hydrogen-bond acceptors (Lipinski definition) is 2. The zero-order valence-electron chi connectivity index (χ0n) is 7.61. The second-order valence-electron chi connectivity index (χ2n) is 2.88. The lowest BCUT2D eigenvalue weighted by molar-refractivity contribution is 0.476. The molecule has 1 heterocycles. The Morgan fingerprint density at radius 1 is 1.25 bits per heavy atom. The van der Waals surface area contributed by atoms with E-state index < -0.39 is 0 Å². The molecule has 0 aliphatic carbocycles. The van der Waals surface area contributed by atoms with Crippen molar-refractivity contribution in [3.05, 3.63) is 24.7 Å². The maximum absolute atomic E-state index is 4.02. The molecule has 0 radical (unpaired) electrons. The van der Waals surface area contributed by atoms with Crippen molar-refractivity contribution in [2.45, 2.75) is 26.2 Å². The van der Waals surface area contributed by atoms with Crippen LogP contribution in [0.15, 0.2) is 29.7 Å². The predicted molar refractivity (Wildman–Crippen MR) is 53.0 cm³/mol. The fourth-order valence-electron chi connectivity index (χ4n) is 1.12. The molecule has 0 amide bonds.